The van der Waals surface area contributed by atoms with Crippen molar-refractivity contribution < 1.29 is 19.4 Å². The van der Waals surface area contributed by atoms with Crippen LogP contribution in [0, 0.1) is 0 Å². The van der Waals surface area contributed by atoms with Gasteiger partial charge in [0.1, 0.15) is 0 Å². The van der Waals surface area contributed by atoms with Gasteiger partial charge in [-0.1, -0.05) is 42.8 Å². The van der Waals surface area contributed by atoms with Crippen molar-refractivity contribution in [1.29, 1.82) is 0 Å². The second-order valence-electron chi connectivity index (χ2n) is 9.53. The molecule has 1 aromatic heterocycles. The number of aliphatic hydroxyl groups is 1. The molecule has 2 aliphatic heterocycles. The number of nitrogens with zero attached hydrogens (tertiary/aromatic N) is 2. The Morgan fingerprint density at radius 1 is 0.972 bits per heavy atom. The summed E-state index contributed by atoms with van der Waals surface area (Å²) in [4.78, 5) is 19.0. The van der Waals surface area contributed by atoms with Gasteiger partial charge in [-0.05, 0) is 61.3 Å². The van der Waals surface area contributed by atoms with E-state index in [9.17, 15) is 9.90 Å². The summed E-state index contributed by atoms with van der Waals surface area (Å²) < 4.78 is 12.9. The molecule has 2 N–H and O–H groups in total. The molecule has 0 unspecified atom stereocenters. The molecule has 0 bridgehead atoms. The maximum atomic E-state index is 12.5. The first-order valence-electron chi connectivity index (χ1n) is 12.7. The lowest BCUT2D eigenvalue weighted by Crippen LogP contribution is -2.41. The van der Waals surface area contributed by atoms with Gasteiger partial charge in [-0.25, -0.2) is 0 Å². The lowest BCUT2D eigenvalue weighted by atomic mass is 9.99. The highest BCUT2D eigenvalue weighted by Crippen LogP contribution is 2.38. The molecule has 2 aromatic carbocycles. The van der Waals surface area contributed by atoms with Crippen LogP contribution in [0.4, 0.5) is 5.69 Å². The van der Waals surface area contributed by atoms with Crippen LogP contribution in [0.25, 0.3) is 0 Å². The molecular formula is C29H33N3O4. The maximum absolute atomic E-state index is 12.5. The van der Waals surface area contributed by atoms with Crippen LogP contribution in [0.5, 0.6) is 0 Å². The SMILES string of the molecule is O=C(Nc1ccc([C@@H]2O[C@H](CN3CCCCC3)C[C@H](c3ccc(CO)cc3)O2)cc1)c1cccnc1. The van der Waals surface area contributed by atoms with E-state index in [1.165, 1.54) is 19.3 Å². The Morgan fingerprint density at radius 3 is 2.42 bits per heavy atom. The molecule has 0 saturated carbocycles. The second kappa shape index (κ2) is 11.8. The van der Waals surface area contributed by atoms with Crippen molar-refractivity contribution in [3.63, 3.8) is 0 Å². The summed E-state index contributed by atoms with van der Waals surface area (Å²) in [6, 6.07) is 19.1. The fraction of sp³-hybridized carbons (Fsp3) is 0.379. The maximum Gasteiger partial charge on any atom is 0.257 e. The number of likely N-dealkylation sites (tertiary alicyclic amines) is 1. The number of nitrogens with one attached hydrogen (secondary N) is 1. The van der Waals surface area contributed by atoms with Gasteiger partial charge in [0.15, 0.2) is 6.29 Å². The fourth-order valence-corrected chi connectivity index (χ4v) is 4.89. The van der Waals surface area contributed by atoms with Crippen molar-refractivity contribution in [2.24, 2.45) is 0 Å². The van der Waals surface area contributed by atoms with Crippen molar-refractivity contribution >= 4 is 11.6 Å². The average Bonchev–Trinajstić information content (AvgIpc) is 2.94. The van der Waals surface area contributed by atoms with Crippen LogP contribution in [-0.2, 0) is 16.1 Å². The molecule has 188 valence electrons. The Bertz CT molecular complexity index is 1120. The van der Waals surface area contributed by atoms with Crippen molar-refractivity contribution in [3.8, 4) is 0 Å². The molecule has 36 heavy (non-hydrogen) atoms. The van der Waals surface area contributed by atoms with Crippen molar-refractivity contribution in [1.82, 2.24) is 9.88 Å². The Morgan fingerprint density at radius 2 is 1.72 bits per heavy atom. The van der Waals surface area contributed by atoms with Crippen molar-refractivity contribution in [2.45, 2.75) is 50.8 Å². The number of hydrogen-bond donors (Lipinski definition) is 2. The fourth-order valence-electron chi connectivity index (χ4n) is 4.89. The predicted octanol–water partition coefficient (Wildman–Crippen LogP) is 4.86. The zero-order valence-corrected chi connectivity index (χ0v) is 20.4. The summed E-state index contributed by atoms with van der Waals surface area (Å²) in [6.45, 7) is 3.16. The van der Waals surface area contributed by atoms with E-state index in [1.807, 2.05) is 48.5 Å². The van der Waals surface area contributed by atoms with Crippen LogP contribution in [0.15, 0.2) is 73.1 Å². The number of carbonyl (C=O) groups is 1. The number of piperidine rings is 1. The highest BCUT2D eigenvalue weighted by atomic mass is 16.7. The summed E-state index contributed by atoms with van der Waals surface area (Å²) >= 11 is 0. The molecule has 0 spiro atoms. The van der Waals surface area contributed by atoms with Gasteiger partial charge >= 0.3 is 0 Å². The lowest BCUT2D eigenvalue weighted by Gasteiger charge is -2.39. The van der Waals surface area contributed by atoms with Gasteiger partial charge in [0.2, 0.25) is 0 Å². The minimum Gasteiger partial charge on any atom is -0.392 e. The Labute approximate surface area is 212 Å². The van der Waals surface area contributed by atoms with Gasteiger partial charge in [-0.3, -0.25) is 9.78 Å². The van der Waals surface area contributed by atoms with E-state index < -0.39 is 6.29 Å². The summed E-state index contributed by atoms with van der Waals surface area (Å²) in [5.41, 5.74) is 4.09. The van der Waals surface area contributed by atoms with E-state index >= 15 is 0 Å². The number of anilines is 1. The van der Waals surface area contributed by atoms with E-state index in [1.54, 1.807) is 24.5 Å². The van der Waals surface area contributed by atoms with E-state index in [2.05, 4.69) is 15.2 Å². The first-order chi connectivity index (χ1) is 17.7. The second-order valence-corrected chi connectivity index (χ2v) is 9.53. The summed E-state index contributed by atoms with van der Waals surface area (Å²) in [7, 11) is 0. The van der Waals surface area contributed by atoms with Gasteiger partial charge in [0.25, 0.3) is 5.91 Å². The molecule has 5 rings (SSSR count). The van der Waals surface area contributed by atoms with Crippen LogP contribution in [0.2, 0.25) is 0 Å². The van der Waals surface area contributed by atoms with Crippen molar-refractivity contribution in [3.05, 3.63) is 95.3 Å². The standard InChI is InChI=1S/C29H33N3O4/c33-20-21-6-8-22(9-7-21)27-17-26(19-32-15-2-1-3-16-32)35-29(36-27)23-10-12-25(13-11-23)31-28(34)24-5-4-14-30-18-24/h4-14,18,26-27,29,33H,1-3,15-17,19-20H2,(H,31,34)/t26-,27+,29+/m0/s1. The third-order valence-electron chi connectivity index (χ3n) is 6.89. The Balaban J connectivity index is 1.30. The van der Waals surface area contributed by atoms with E-state index in [0.29, 0.717) is 11.3 Å². The number of benzene rings is 2. The van der Waals surface area contributed by atoms with Gasteiger partial charge < -0.3 is 24.8 Å². The predicted molar refractivity (Wildman–Crippen MR) is 137 cm³/mol. The number of amides is 1. The molecule has 3 atom stereocenters. The van der Waals surface area contributed by atoms with Crippen LogP contribution >= 0.6 is 0 Å². The molecule has 0 aliphatic carbocycles. The number of ether oxygens (including phenoxy) is 2. The van der Waals surface area contributed by atoms with Crippen LogP contribution in [0.1, 0.15) is 65.1 Å². The number of carbonyl (C=O) groups excluding carboxylic acids is 1. The summed E-state index contributed by atoms with van der Waals surface area (Å²) in [5.74, 6) is -0.200. The van der Waals surface area contributed by atoms with E-state index in [0.717, 1.165) is 42.7 Å². The Kier molecular flexibility index (Phi) is 8.03. The first-order valence-corrected chi connectivity index (χ1v) is 12.7. The quantitative estimate of drug-likeness (QED) is 0.495. The molecule has 0 radical (unpaired) electrons. The molecular weight excluding hydrogens is 454 g/mol. The van der Waals surface area contributed by atoms with Gasteiger partial charge in [-0.2, -0.15) is 0 Å². The molecule has 7 heteroatoms. The number of hydrogen-bond acceptors (Lipinski definition) is 6. The molecule has 1 amide bonds. The topological polar surface area (TPSA) is 83.9 Å². The molecule has 7 nitrogen and oxygen atoms in total. The Hall–Kier alpha value is -3.10. The van der Waals surface area contributed by atoms with E-state index in [4.69, 9.17) is 9.47 Å². The minimum absolute atomic E-state index is 0.0266. The molecule has 2 fully saturated rings. The van der Waals surface area contributed by atoms with Crippen LogP contribution in [-0.4, -0.2) is 46.6 Å². The van der Waals surface area contributed by atoms with Crippen molar-refractivity contribution in [2.75, 3.05) is 25.0 Å². The van der Waals surface area contributed by atoms with Gasteiger partial charge in [0.05, 0.1) is 24.4 Å². The third-order valence-corrected chi connectivity index (χ3v) is 6.89. The molecule has 3 aromatic rings. The first kappa shape index (κ1) is 24.6. The van der Waals surface area contributed by atoms with Gasteiger partial charge in [0, 0.05) is 36.6 Å². The minimum atomic E-state index is -0.501. The lowest BCUT2D eigenvalue weighted by molar-refractivity contribution is -0.253. The number of rotatable bonds is 7. The zero-order chi connectivity index (χ0) is 24.7. The van der Waals surface area contributed by atoms with Gasteiger partial charge in [-0.15, -0.1) is 0 Å². The van der Waals surface area contributed by atoms with E-state index in [-0.39, 0.29) is 24.7 Å². The average molecular weight is 488 g/mol. The monoisotopic (exact) mass is 487 g/mol. The van der Waals surface area contributed by atoms with Crippen LogP contribution < -0.4 is 5.32 Å². The molecule has 2 saturated heterocycles. The number of pyridine rings is 1. The smallest absolute Gasteiger partial charge is 0.257 e. The normalized spacial score (nSPS) is 22.8. The number of aliphatic hydroxyl groups excluding tert-OH is 1. The highest BCUT2D eigenvalue weighted by Gasteiger charge is 2.33. The summed E-state index contributed by atoms with van der Waals surface area (Å²) in [6.07, 6.45) is 7.20. The largest absolute Gasteiger partial charge is 0.392 e. The molecule has 2 aliphatic rings. The summed E-state index contributed by atoms with van der Waals surface area (Å²) in [5, 5.41) is 12.3. The molecule has 3 heterocycles. The third kappa shape index (κ3) is 6.17. The zero-order valence-electron chi connectivity index (χ0n) is 20.4. The number of aromatic nitrogens is 1. The van der Waals surface area contributed by atoms with Crippen LogP contribution in [0.3, 0.4) is 0 Å². The highest BCUT2D eigenvalue weighted by molar-refractivity contribution is 6.03.